The van der Waals surface area contributed by atoms with Crippen molar-refractivity contribution in [2.75, 3.05) is 7.05 Å². The first-order chi connectivity index (χ1) is 7.27. The fourth-order valence-corrected chi connectivity index (χ4v) is 3.76. The van der Waals surface area contributed by atoms with Gasteiger partial charge in [0.15, 0.2) is 0 Å². The van der Waals surface area contributed by atoms with Gasteiger partial charge in [-0.05, 0) is 38.6 Å². The molecule has 2 unspecified atom stereocenters. The Morgan fingerprint density at radius 1 is 1.00 bits per heavy atom. The smallest absolute Gasteiger partial charge is 0.0338 e. The standard InChI is InChI=1S/C13H26N2/c1-15-12-9-5-6-10-13(12,14)11-7-3-2-4-8-11/h11-12,15H,2-10,14H2,1H3. The minimum absolute atomic E-state index is 0.105. The van der Waals surface area contributed by atoms with Gasteiger partial charge in [0.25, 0.3) is 0 Å². The number of nitrogens with one attached hydrogen (secondary N) is 1. The van der Waals surface area contributed by atoms with Crippen LogP contribution in [0.3, 0.4) is 0 Å². The Hall–Kier alpha value is -0.0800. The molecule has 0 spiro atoms. The molecule has 15 heavy (non-hydrogen) atoms. The van der Waals surface area contributed by atoms with E-state index in [4.69, 9.17) is 5.73 Å². The predicted molar refractivity (Wildman–Crippen MR) is 64.8 cm³/mol. The SMILES string of the molecule is CNC1CCCCC1(N)C1CCCCC1. The highest BCUT2D eigenvalue weighted by atomic mass is 15.0. The molecular formula is C13H26N2. The maximum absolute atomic E-state index is 6.73. The second-order valence-corrected chi connectivity index (χ2v) is 5.53. The monoisotopic (exact) mass is 210 g/mol. The highest BCUT2D eigenvalue weighted by Crippen LogP contribution is 2.39. The van der Waals surface area contributed by atoms with Crippen molar-refractivity contribution in [3.8, 4) is 0 Å². The average Bonchev–Trinajstić information content (AvgIpc) is 2.31. The van der Waals surface area contributed by atoms with Gasteiger partial charge in [-0.25, -0.2) is 0 Å². The van der Waals surface area contributed by atoms with Gasteiger partial charge in [-0.2, -0.15) is 0 Å². The molecule has 0 aliphatic heterocycles. The minimum Gasteiger partial charge on any atom is -0.324 e. The van der Waals surface area contributed by atoms with Crippen molar-refractivity contribution in [3.63, 3.8) is 0 Å². The third-order valence-corrected chi connectivity index (χ3v) is 4.72. The lowest BCUT2D eigenvalue weighted by Crippen LogP contribution is -2.62. The van der Waals surface area contributed by atoms with Crippen LogP contribution >= 0.6 is 0 Å². The first-order valence-electron chi connectivity index (χ1n) is 6.73. The number of hydrogen-bond acceptors (Lipinski definition) is 2. The van der Waals surface area contributed by atoms with Crippen molar-refractivity contribution >= 4 is 0 Å². The molecule has 2 nitrogen and oxygen atoms in total. The second-order valence-electron chi connectivity index (χ2n) is 5.53. The number of likely N-dealkylation sites (N-methyl/N-ethyl adjacent to an activating group) is 1. The maximum Gasteiger partial charge on any atom is 0.0338 e. The molecule has 0 aromatic carbocycles. The summed E-state index contributed by atoms with van der Waals surface area (Å²) in [7, 11) is 2.08. The molecule has 0 aromatic rings. The number of nitrogens with two attached hydrogens (primary N) is 1. The molecular weight excluding hydrogens is 184 g/mol. The summed E-state index contributed by atoms with van der Waals surface area (Å²) in [4.78, 5) is 0. The van der Waals surface area contributed by atoms with E-state index in [1.54, 1.807) is 0 Å². The van der Waals surface area contributed by atoms with Crippen LogP contribution in [0.5, 0.6) is 0 Å². The average molecular weight is 210 g/mol. The summed E-state index contributed by atoms with van der Waals surface area (Å²) in [6, 6.07) is 0.564. The summed E-state index contributed by atoms with van der Waals surface area (Å²) in [5.41, 5.74) is 6.83. The fourth-order valence-electron chi connectivity index (χ4n) is 3.76. The summed E-state index contributed by atoms with van der Waals surface area (Å²) >= 11 is 0. The van der Waals surface area contributed by atoms with Crippen LogP contribution in [0.1, 0.15) is 57.8 Å². The molecule has 0 heterocycles. The lowest BCUT2D eigenvalue weighted by atomic mass is 9.65. The zero-order valence-electron chi connectivity index (χ0n) is 10.1. The van der Waals surface area contributed by atoms with Crippen LogP contribution < -0.4 is 11.1 Å². The Kier molecular flexibility index (Phi) is 3.68. The molecule has 2 aliphatic rings. The molecule has 0 radical (unpaired) electrons. The van der Waals surface area contributed by atoms with Crippen molar-refractivity contribution < 1.29 is 0 Å². The van der Waals surface area contributed by atoms with Gasteiger partial charge < -0.3 is 11.1 Å². The second kappa shape index (κ2) is 4.84. The summed E-state index contributed by atoms with van der Waals surface area (Å²) in [6.07, 6.45) is 12.2. The van der Waals surface area contributed by atoms with Crippen molar-refractivity contribution in [2.24, 2.45) is 11.7 Å². The minimum atomic E-state index is 0.105. The third kappa shape index (κ3) is 2.21. The maximum atomic E-state index is 6.73. The lowest BCUT2D eigenvalue weighted by molar-refractivity contribution is 0.116. The van der Waals surface area contributed by atoms with Gasteiger partial charge in [0, 0.05) is 11.6 Å². The molecule has 0 bridgehead atoms. The van der Waals surface area contributed by atoms with Crippen molar-refractivity contribution in [3.05, 3.63) is 0 Å². The Bertz CT molecular complexity index is 199. The fraction of sp³-hybridized carbons (Fsp3) is 1.00. The topological polar surface area (TPSA) is 38.0 Å². The largest absolute Gasteiger partial charge is 0.324 e. The van der Waals surface area contributed by atoms with E-state index in [2.05, 4.69) is 12.4 Å². The molecule has 88 valence electrons. The highest BCUT2D eigenvalue weighted by Gasteiger charge is 2.42. The van der Waals surface area contributed by atoms with E-state index in [-0.39, 0.29) is 5.54 Å². The van der Waals surface area contributed by atoms with E-state index in [1.165, 1.54) is 57.8 Å². The van der Waals surface area contributed by atoms with E-state index in [1.807, 2.05) is 0 Å². The van der Waals surface area contributed by atoms with E-state index in [0.717, 1.165) is 5.92 Å². The van der Waals surface area contributed by atoms with Gasteiger partial charge in [-0.3, -0.25) is 0 Å². The van der Waals surface area contributed by atoms with Crippen LogP contribution in [0.15, 0.2) is 0 Å². The van der Waals surface area contributed by atoms with E-state index < -0.39 is 0 Å². The Morgan fingerprint density at radius 2 is 1.67 bits per heavy atom. The summed E-state index contributed by atoms with van der Waals surface area (Å²) in [5, 5.41) is 3.47. The van der Waals surface area contributed by atoms with Crippen LogP contribution in [0, 0.1) is 5.92 Å². The third-order valence-electron chi connectivity index (χ3n) is 4.72. The Morgan fingerprint density at radius 3 is 2.33 bits per heavy atom. The molecule has 0 aromatic heterocycles. The van der Waals surface area contributed by atoms with Gasteiger partial charge in [-0.15, -0.1) is 0 Å². The molecule has 2 heteroatoms. The number of hydrogen-bond donors (Lipinski definition) is 2. The highest BCUT2D eigenvalue weighted by molar-refractivity contribution is 5.03. The zero-order chi connectivity index (χ0) is 10.7. The van der Waals surface area contributed by atoms with Gasteiger partial charge in [-0.1, -0.05) is 32.1 Å². The van der Waals surface area contributed by atoms with Gasteiger partial charge in [0.05, 0.1) is 0 Å². The Balaban J connectivity index is 2.06. The quantitative estimate of drug-likeness (QED) is 0.734. The first kappa shape index (κ1) is 11.4. The van der Waals surface area contributed by atoms with Crippen LogP contribution in [0.4, 0.5) is 0 Å². The van der Waals surface area contributed by atoms with Crippen molar-refractivity contribution in [2.45, 2.75) is 69.4 Å². The summed E-state index contributed by atoms with van der Waals surface area (Å²) < 4.78 is 0. The Labute approximate surface area is 94.0 Å². The van der Waals surface area contributed by atoms with Crippen molar-refractivity contribution in [1.29, 1.82) is 0 Å². The first-order valence-corrected chi connectivity index (χ1v) is 6.73. The molecule has 2 rings (SSSR count). The predicted octanol–water partition coefficient (Wildman–Crippen LogP) is 2.43. The molecule has 0 saturated heterocycles. The molecule has 3 N–H and O–H groups in total. The molecule has 0 amide bonds. The molecule has 2 fully saturated rings. The summed E-state index contributed by atoms with van der Waals surface area (Å²) in [5.74, 6) is 0.781. The zero-order valence-corrected chi connectivity index (χ0v) is 10.1. The van der Waals surface area contributed by atoms with E-state index in [0.29, 0.717) is 6.04 Å². The van der Waals surface area contributed by atoms with E-state index >= 15 is 0 Å². The van der Waals surface area contributed by atoms with Crippen LogP contribution in [0.2, 0.25) is 0 Å². The summed E-state index contributed by atoms with van der Waals surface area (Å²) in [6.45, 7) is 0. The normalized spacial score (nSPS) is 39.2. The van der Waals surface area contributed by atoms with Crippen LogP contribution in [-0.4, -0.2) is 18.6 Å². The van der Waals surface area contributed by atoms with Crippen LogP contribution in [0.25, 0.3) is 0 Å². The van der Waals surface area contributed by atoms with Crippen molar-refractivity contribution in [1.82, 2.24) is 5.32 Å². The lowest BCUT2D eigenvalue weighted by Gasteiger charge is -2.48. The van der Waals surface area contributed by atoms with Gasteiger partial charge >= 0.3 is 0 Å². The molecule has 2 saturated carbocycles. The van der Waals surface area contributed by atoms with Gasteiger partial charge in [0.2, 0.25) is 0 Å². The number of rotatable bonds is 2. The van der Waals surface area contributed by atoms with Gasteiger partial charge in [0.1, 0.15) is 0 Å². The molecule has 2 atom stereocenters. The molecule has 2 aliphatic carbocycles. The van der Waals surface area contributed by atoms with E-state index in [9.17, 15) is 0 Å². The van der Waals surface area contributed by atoms with Crippen LogP contribution in [-0.2, 0) is 0 Å².